The number of piperazine rings is 1. The lowest BCUT2D eigenvalue weighted by Gasteiger charge is -2.34. The molecule has 168 valence electrons. The summed E-state index contributed by atoms with van der Waals surface area (Å²) in [6, 6.07) is 14.7. The van der Waals surface area contributed by atoms with Crippen LogP contribution in [0.5, 0.6) is 0 Å². The summed E-state index contributed by atoms with van der Waals surface area (Å²) in [6.07, 6.45) is 1.43. The van der Waals surface area contributed by atoms with Crippen LogP contribution in [-0.4, -0.2) is 66.8 Å². The number of benzene rings is 2. The van der Waals surface area contributed by atoms with Crippen LogP contribution in [0.1, 0.15) is 28.8 Å². The van der Waals surface area contributed by atoms with E-state index in [4.69, 9.17) is 11.6 Å². The fraction of sp³-hybridized carbons (Fsp3) is 0.375. The van der Waals surface area contributed by atoms with Crippen molar-refractivity contribution in [2.45, 2.75) is 19.4 Å². The molecule has 0 atom stereocenters. The quantitative estimate of drug-likeness (QED) is 0.728. The second kappa shape index (κ2) is 10.1. The molecule has 2 aliphatic heterocycles. The lowest BCUT2D eigenvalue weighted by Crippen LogP contribution is -2.50. The van der Waals surface area contributed by atoms with Crippen LogP contribution in [0.4, 0.5) is 5.69 Å². The average molecular weight is 455 g/mol. The maximum atomic E-state index is 12.5. The summed E-state index contributed by atoms with van der Waals surface area (Å²) < 4.78 is 0. The SMILES string of the molecule is O=C(NCC(=O)N1CCN(Cc2ccc(Cl)cc2)CC1)c1ccc(N2CCCC2=O)cc1. The van der Waals surface area contributed by atoms with E-state index < -0.39 is 0 Å². The molecule has 0 aromatic heterocycles. The highest BCUT2D eigenvalue weighted by Crippen LogP contribution is 2.21. The topological polar surface area (TPSA) is 73.0 Å². The van der Waals surface area contributed by atoms with E-state index in [-0.39, 0.29) is 24.3 Å². The minimum absolute atomic E-state index is 0.0254. The van der Waals surface area contributed by atoms with E-state index in [0.29, 0.717) is 31.6 Å². The number of hydrogen-bond donors (Lipinski definition) is 1. The van der Waals surface area contributed by atoms with Gasteiger partial charge in [0.05, 0.1) is 6.54 Å². The van der Waals surface area contributed by atoms with Crippen LogP contribution < -0.4 is 10.2 Å². The van der Waals surface area contributed by atoms with Crippen molar-refractivity contribution in [3.05, 3.63) is 64.7 Å². The Labute approximate surface area is 192 Å². The van der Waals surface area contributed by atoms with Crippen LogP contribution >= 0.6 is 11.6 Å². The highest BCUT2D eigenvalue weighted by atomic mass is 35.5. The van der Waals surface area contributed by atoms with Crippen molar-refractivity contribution in [3.8, 4) is 0 Å². The number of hydrogen-bond acceptors (Lipinski definition) is 4. The van der Waals surface area contributed by atoms with E-state index in [1.54, 1.807) is 34.1 Å². The van der Waals surface area contributed by atoms with Gasteiger partial charge < -0.3 is 15.1 Å². The smallest absolute Gasteiger partial charge is 0.251 e. The molecule has 0 spiro atoms. The molecular weight excluding hydrogens is 428 g/mol. The Balaban J connectivity index is 1.21. The minimum atomic E-state index is -0.293. The molecule has 0 unspecified atom stereocenters. The third kappa shape index (κ3) is 5.47. The third-order valence-electron chi connectivity index (χ3n) is 5.96. The first-order chi connectivity index (χ1) is 15.5. The number of amides is 3. The predicted molar refractivity (Wildman–Crippen MR) is 124 cm³/mol. The molecule has 0 radical (unpaired) electrons. The van der Waals surface area contributed by atoms with Gasteiger partial charge in [-0.1, -0.05) is 23.7 Å². The molecule has 0 aliphatic carbocycles. The molecule has 4 rings (SSSR count). The number of anilines is 1. The van der Waals surface area contributed by atoms with Crippen LogP contribution in [0.15, 0.2) is 48.5 Å². The second-order valence-electron chi connectivity index (χ2n) is 8.16. The summed E-state index contributed by atoms with van der Waals surface area (Å²) in [4.78, 5) is 42.6. The minimum Gasteiger partial charge on any atom is -0.343 e. The Kier molecular flexibility index (Phi) is 7.07. The van der Waals surface area contributed by atoms with E-state index in [1.165, 1.54) is 5.56 Å². The van der Waals surface area contributed by atoms with E-state index in [0.717, 1.165) is 36.8 Å². The fourth-order valence-corrected chi connectivity index (χ4v) is 4.21. The Morgan fingerprint density at radius 3 is 2.22 bits per heavy atom. The molecule has 32 heavy (non-hydrogen) atoms. The normalized spacial score (nSPS) is 17.0. The number of rotatable bonds is 6. The van der Waals surface area contributed by atoms with E-state index in [2.05, 4.69) is 10.2 Å². The van der Waals surface area contributed by atoms with E-state index in [1.807, 2.05) is 24.3 Å². The Morgan fingerprint density at radius 2 is 1.59 bits per heavy atom. The van der Waals surface area contributed by atoms with Gasteiger partial charge in [0.2, 0.25) is 11.8 Å². The largest absolute Gasteiger partial charge is 0.343 e. The highest BCUT2D eigenvalue weighted by molar-refractivity contribution is 6.30. The van der Waals surface area contributed by atoms with Crippen molar-refractivity contribution in [1.29, 1.82) is 0 Å². The summed E-state index contributed by atoms with van der Waals surface area (Å²) in [5, 5.41) is 3.44. The van der Waals surface area contributed by atoms with E-state index in [9.17, 15) is 14.4 Å². The monoisotopic (exact) mass is 454 g/mol. The molecular formula is C24H27ClN4O3. The van der Waals surface area contributed by atoms with Crippen molar-refractivity contribution in [2.24, 2.45) is 0 Å². The molecule has 2 heterocycles. The van der Waals surface area contributed by atoms with Crippen LogP contribution in [0, 0.1) is 0 Å². The first-order valence-electron chi connectivity index (χ1n) is 10.9. The number of halogens is 1. The van der Waals surface area contributed by atoms with Crippen LogP contribution in [0.2, 0.25) is 5.02 Å². The summed E-state index contributed by atoms with van der Waals surface area (Å²) in [5.74, 6) is -0.260. The van der Waals surface area contributed by atoms with Gasteiger partial charge >= 0.3 is 0 Å². The number of nitrogens with one attached hydrogen (secondary N) is 1. The van der Waals surface area contributed by atoms with Gasteiger partial charge in [-0.3, -0.25) is 19.3 Å². The fourth-order valence-electron chi connectivity index (χ4n) is 4.09. The first-order valence-corrected chi connectivity index (χ1v) is 11.3. The van der Waals surface area contributed by atoms with Crippen molar-refractivity contribution in [1.82, 2.24) is 15.1 Å². The van der Waals surface area contributed by atoms with Gasteiger partial charge in [0.25, 0.3) is 5.91 Å². The van der Waals surface area contributed by atoms with Crippen molar-refractivity contribution < 1.29 is 14.4 Å². The van der Waals surface area contributed by atoms with Crippen molar-refractivity contribution in [2.75, 3.05) is 44.2 Å². The zero-order chi connectivity index (χ0) is 22.5. The lowest BCUT2D eigenvalue weighted by atomic mass is 10.2. The number of carbonyl (C=O) groups excluding carboxylic acids is 3. The molecule has 0 saturated carbocycles. The van der Waals surface area contributed by atoms with Gasteiger partial charge in [-0.2, -0.15) is 0 Å². The maximum absolute atomic E-state index is 12.5. The van der Waals surface area contributed by atoms with Gasteiger partial charge in [-0.05, 0) is 48.4 Å². The molecule has 2 fully saturated rings. The van der Waals surface area contributed by atoms with Gasteiger partial charge in [-0.25, -0.2) is 0 Å². The van der Waals surface area contributed by atoms with Crippen molar-refractivity contribution in [3.63, 3.8) is 0 Å². The molecule has 2 aliphatic rings. The Bertz CT molecular complexity index is 970. The van der Waals surface area contributed by atoms with Crippen molar-refractivity contribution >= 4 is 35.0 Å². The van der Waals surface area contributed by atoms with Gasteiger partial charge in [-0.15, -0.1) is 0 Å². The van der Waals surface area contributed by atoms with E-state index >= 15 is 0 Å². The molecule has 3 amide bonds. The molecule has 7 nitrogen and oxygen atoms in total. The standard InChI is InChI=1S/C24H27ClN4O3/c25-20-7-3-18(4-8-20)17-27-12-14-28(15-13-27)23(31)16-26-24(32)19-5-9-21(10-6-19)29-11-1-2-22(29)30/h3-10H,1-2,11-17H2,(H,26,32). The lowest BCUT2D eigenvalue weighted by molar-refractivity contribution is -0.131. The highest BCUT2D eigenvalue weighted by Gasteiger charge is 2.23. The maximum Gasteiger partial charge on any atom is 0.251 e. The summed E-state index contributed by atoms with van der Waals surface area (Å²) in [5.41, 5.74) is 2.47. The Morgan fingerprint density at radius 1 is 0.906 bits per heavy atom. The zero-order valence-electron chi connectivity index (χ0n) is 17.9. The summed E-state index contributed by atoms with van der Waals surface area (Å²) in [6.45, 7) is 4.38. The van der Waals surface area contributed by atoms with Gasteiger partial charge in [0.15, 0.2) is 0 Å². The summed E-state index contributed by atoms with van der Waals surface area (Å²) >= 11 is 5.94. The van der Waals surface area contributed by atoms with Crippen LogP contribution in [-0.2, 0) is 16.1 Å². The second-order valence-corrected chi connectivity index (χ2v) is 8.60. The van der Waals surface area contributed by atoms with Crippen LogP contribution in [0.3, 0.4) is 0 Å². The molecule has 2 aromatic rings. The Hall–Kier alpha value is -2.90. The summed E-state index contributed by atoms with van der Waals surface area (Å²) in [7, 11) is 0. The van der Waals surface area contributed by atoms with Gasteiger partial charge in [0.1, 0.15) is 0 Å². The van der Waals surface area contributed by atoms with Crippen LogP contribution in [0.25, 0.3) is 0 Å². The predicted octanol–water partition coefficient (Wildman–Crippen LogP) is 2.54. The molecule has 8 heteroatoms. The van der Waals surface area contributed by atoms with Gasteiger partial charge in [0, 0.05) is 62.0 Å². The zero-order valence-corrected chi connectivity index (χ0v) is 18.7. The molecule has 2 saturated heterocycles. The molecule has 0 bridgehead atoms. The number of nitrogens with zero attached hydrogens (tertiary/aromatic N) is 3. The third-order valence-corrected chi connectivity index (χ3v) is 6.21. The average Bonchev–Trinajstić information content (AvgIpc) is 3.25. The number of carbonyl (C=O) groups is 3. The molecule has 2 aromatic carbocycles. The molecule has 1 N–H and O–H groups in total. The first kappa shape index (κ1) is 22.3.